The van der Waals surface area contributed by atoms with E-state index in [1.165, 1.54) is 0 Å². The van der Waals surface area contributed by atoms with Crippen molar-refractivity contribution in [2.75, 3.05) is 0 Å². The minimum absolute atomic E-state index is 0.0119. The highest BCUT2D eigenvalue weighted by Crippen LogP contribution is 2.71. The number of ketones is 1. The molecule has 1 N–H and O–H groups in total. The lowest BCUT2D eigenvalue weighted by atomic mass is 9.40. The molecule has 0 radical (unpaired) electrons. The molecule has 4 aliphatic carbocycles. The number of hydrogen-bond acceptors (Lipinski definition) is 2. The molecule has 6 atom stereocenters. The molecule has 3 nitrogen and oxygen atoms in total. The van der Waals surface area contributed by atoms with Crippen LogP contribution in [0.2, 0.25) is 0 Å². The molecule has 0 heterocycles. The quantitative estimate of drug-likeness (QED) is 0.737. The zero-order chi connectivity index (χ0) is 16.6. The third kappa shape index (κ3) is 1.66. The number of allylic oxidation sites excluding steroid dienone is 1. The number of Topliss-reactive ketones (excluding diaryl/α,β-unsaturated/α-hetero) is 1. The van der Waals surface area contributed by atoms with Gasteiger partial charge in [0, 0.05) is 11.3 Å². The second-order valence-electron chi connectivity index (χ2n) is 9.20. The van der Waals surface area contributed by atoms with Crippen LogP contribution in [-0.2, 0) is 9.59 Å². The van der Waals surface area contributed by atoms with Gasteiger partial charge in [-0.25, -0.2) is 0 Å². The fourth-order valence-electron chi connectivity index (χ4n) is 7.40. The van der Waals surface area contributed by atoms with Crippen LogP contribution in [0, 0.1) is 34.0 Å². The van der Waals surface area contributed by atoms with E-state index in [0.717, 1.165) is 56.9 Å². The summed E-state index contributed by atoms with van der Waals surface area (Å²) >= 11 is 0. The number of carbonyl (C=O) groups is 2. The molecule has 0 amide bonds. The van der Waals surface area contributed by atoms with Crippen molar-refractivity contribution in [2.45, 2.75) is 65.2 Å². The van der Waals surface area contributed by atoms with Gasteiger partial charge in [0.2, 0.25) is 0 Å². The smallest absolute Gasteiger partial charge is 0.309 e. The molecule has 4 fully saturated rings. The molecule has 3 heteroatoms. The first-order valence-corrected chi connectivity index (χ1v) is 9.23. The predicted octanol–water partition coefficient (Wildman–Crippen LogP) is 4.22. The van der Waals surface area contributed by atoms with Crippen molar-refractivity contribution in [1.82, 2.24) is 0 Å². The summed E-state index contributed by atoms with van der Waals surface area (Å²) in [6, 6.07) is 0. The molecule has 0 saturated heterocycles. The Kier molecular flexibility index (Phi) is 3.01. The van der Waals surface area contributed by atoms with Gasteiger partial charge in [0.1, 0.15) is 0 Å². The van der Waals surface area contributed by atoms with Crippen LogP contribution in [0.5, 0.6) is 0 Å². The number of carbonyl (C=O) groups excluding carboxylic acids is 1. The van der Waals surface area contributed by atoms with Gasteiger partial charge in [0.15, 0.2) is 5.78 Å². The molecular formula is C20H28O3. The van der Waals surface area contributed by atoms with E-state index in [4.69, 9.17) is 0 Å². The van der Waals surface area contributed by atoms with E-state index < -0.39 is 11.4 Å². The third-order valence-electron chi connectivity index (χ3n) is 8.49. The first-order chi connectivity index (χ1) is 10.8. The highest BCUT2D eigenvalue weighted by molar-refractivity contribution is 6.01. The van der Waals surface area contributed by atoms with Crippen molar-refractivity contribution in [3.63, 3.8) is 0 Å². The summed E-state index contributed by atoms with van der Waals surface area (Å²) in [5, 5.41) is 9.90. The maximum Gasteiger partial charge on any atom is 0.309 e. The van der Waals surface area contributed by atoms with E-state index in [0.29, 0.717) is 11.7 Å². The molecule has 4 saturated carbocycles. The van der Waals surface area contributed by atoms with Crippen LogP contribution in [0.3, 0.4) is 0 Å². The van der Waals surface area contributed by atoms with Crippen molar-refractivity contribution in [2.24, 2.45) is 34.0 Å². The van der Waals surface area contributed by atoms with Crippen molar-refractivity contribution < 1.29 is 14.7 Å². The zero-order valence-corrected chi connectivity index (χ0v) is 14.4. The molecule has 0 unspecified atom stereocenters. The first kappa shape index (κ1) is 15.4. The maximum atomic E-state index is 12.5. The van der Waals surface area contributed by atoms with Crippen molar-refractivity contribution in [3.8, 4) is 0 Å². The van der Waals surface area contributed by atoms with Gasteiger partial charge in [-0.05, 0) is 74.7 Å². The Morgan fingerprint density at radius 2 is 1.87 bits per heavy atom. The van der Waals surface area contributed by atoms with Gasteiger partial charge < -0.3 is 5.11 Å². The van der Waals surface area contributed by atoms with E-state index in [2.05, 4.69) is 13.5 Å². The van der Waals surface area contributed by atoms with E-state index in [-0.39, 0.29) is 22.7 Å². The fraction of sp³-hybridized carbons (Fsp3) is 0.800. The van der Waals surface area contributed by atoms with Gasteiger partial charge in [-0.15, -0.1) is 0 Å². The highest BCUT2D eigenvalue weighted by Gasteiger charge is 2.67. The Labute approximate surface area is 138 Å². The molecular weight excluding hydrogens is 288 g/mol. The lowest BCUT2D eigenvalue weighted by Gasteiger charge is -2.63. The van der Waals surface area contributed by atoms with Crippen LogP contribution < -0.4 is 0 Å². The Morgan fingerprint density at radius 1 is 1.13 bits per heavy atom. The highest BCUT2D eigenvalue weighted by atomic mass is 16.4. The third-order valence-corrected chi connectivity index (χ3v) is 8.49. The van der Waals surface area contributed by atoms with Crippen molar-refractivity contribution >= 4 is 11.8 Å². The van der Waals surface area contributed by atoms with Gasteiger partial charge in [0.05, 0.1) is 5.41 Å². The number of aliphatic carboxylic acids is 1. The summed E-state index contributed by atoms with van der Waals surface area (Å²) in [6.45, 7) is 8.53. The lowest BCUT2D eigenvalue weighted by Crippen LogP contribution is -2.58. The molecule has 0 aromatic carbocycles. The van der Waals surface area contributed by atoms with Gasteiger partial charge >= 0.3 is 5.97 Å². The molecule has 0 aromatic heterocycles. The summed E-state index contributed by atoms with van der Waals surface area (Å²) < 4.78 is 0. The van der Waals surface area contributed by atoms with Crippen LogP contribution in [0.25, 0.3) is 0 Å². The van der Waals surface area contributed by atoms with Crippen LogP contribution in [0.4, 0.5) is 0 Å². The number of fused-ring (bicyclic) bond motifs is 3. The van der Waals surface area contributed by atoms with Crippen molar-refractivity contribution in [3.05, 3.63) is 12.2 Å². The topological polar surface area (TPSA) is 54.4 Å². The Morgan fingerprint density at radius 3 is 2.57 bits per heavy atom. The first-order valence-electron chi connectivity index (χ1n) is 9.23. The Balaban J connectivity index is 1.79. The maximum absolute atomic E-state index is 12.5. The largest absolute Gasteiger partial charge is 0.481 e. The van der Waals surface area contributed by atoms with Crippen LogP contribution in [0.1, 0.15) is 65.2 Å². The molecule has 2 bridgehead atoms. The molecule has 4 aliphatic rings. The van der Waals surface area contributed by atoms with E-state index in [1.807, 2.05) is 6.92 Å². The number of carboxylic acid groups (broad SMARTS) is 1. The van der Waals surface area contributed by atoms with Crippen molar-refractivity contribution in [1.29, 1.82) is 0 Å². The normalized spacial score (nSPS) is 52.0. The fourth-order valence-corrected chi connectivity index (χ4v) is 7.40. The summed E-state index contributed by atoms with van der Waals surface area (Å²) in [5.74, 6) is 0.568. The standard InChI is InChI=1S/C20H28O3/c1-12-16(21)13-5-6-15-18(2)8-4-9-19(3,17(22)23)14(18)7-10-20(12,15)11-13/h13-15H,1,4-11H2,2-3H3,(H,22,23)/t13-,14+,15+,18-,19-,20+/m1/s1. The second kappa shape index (κ2) is 4.49. The molecule has 23 heavy (non-hydrogen) atoms. The van der Waals surface area contributed by atoms with E-state index in [9.17, 15) is 14.7 Å². The van der Waals surface area contributed by atoms with Gasteiger partial charge in [-0.1, -0.05) is 19.9 Å². The van der Waals surface area contributed by atoms with E-state index >= 15 is 0 Å². The predicted molar refractivity (Wildman–Crippen MR) is 87.8 cm³/mol. The Hall–Kier alpha value is -1.12. The number of rotatable bonds is 1. The van der Waals surface area contributed by atoms with Gasteiger partial charge in [-0.3, -0.25) is 9.59 Å². The minimum atomic E-state index is -0.626. The SMILES string of the molecule is C=C1C(=O)[C@@H]2CC[C@@H]3[C@@]1(CC[C@H]1[C@@]3(C)CCC[C@@]1(C)C(=O)O)C2. The molecule has 0 aromatic rings. The molecule has 126 valence electrons. The van der Waals surface area contributed by atoms with Gasteiger partial charge in [0.25, 0.3) is 0 Å². The monoisotopic (exact) mass is 316 g/mol. The van der Waals surface area contributed by atoms with Crippen LogP contribution in [-0.4, -0.2) is 16.9 Å². The minimum Gasteiger partial charge on any atom is -0.481 e. The molecule has 0 aliphatic heterocycles. The van der Waals surface area contributed by atoms with Gasteiger partial charge in [-0.2, -0.15) is 0 Å². The lowest BCUT2D eigenvalue weighted by molar-refractivity contribution is -0.177. The number of hydrogen-bond donors (Lipinski definition) is 1. The Bertz CT molecular complexity index is 608. The number of carboxylic acids is 1. The summed E-state index contributed by atoms with van der Waals surface area (Å²) in [4.78, 5) is 24.6. The van der Waals surface area contributed by atoms with Crippen LogP contribution in [0.15, 0.2) is 12.2 Å². The van der Waals surface area contributed by atoms with E-state index in [1.54, 1.807) is 0 Å². The summed E-state index contributed by atoms with van der Waals surface area (Å²) in [7, 11) is 0. The zero-order valence-electron chi connectivity index (χ0n) is 14.4. The van der Waals surface area contributed by atoms with Crippen LogP contribution >= 0.6 is 0 Å². The molecule has 4 rings (SSSR count). The second-order valence-corrected chi connectivity index (χ2v) is 9.20. The average molecular weight is 316 g/mol. The summed E-state index contributed by atoms with van der Waals surface area (Å²) in [6.07, 6.45) is 7.86. The summed E-state index contributed by atoms with van der Waals surface area (Å²) in [5.41, 5.74) is 0.312. The molecule has 1 spiro atoms. The average Bonchev–Trinajstić information content (AvgIpc) is 2.68.